The summed E-state index contributed by atoms with van der Waals surface area (Å²) in [6.45, 7) is 2.98. The average molecular weight is 447 g/mol. The normalized spacial score (nSPS) is 17.5. The highest BCUT2D eigenvalue weighted by atomic mass is 16.5. The number of methoxy groups -OCH3 is 1. The van der Waals surface area contributed by atoms with E-state index >= 15 is 0 Å². The van der Waals surface area contributed by atoms with Crippen molar-refractivity contribution < 1.29 is 14.3 Å². The van der Waals surface area contributed by atoms with E-state index in [1.807, 2.05) is 36.1 Å². The van der Waals surface area contributed by atoms with Gasteiger partial charge in [0.15, 0.2) is 5.82 Å². The first-order chi connectivity index (χ1) is 15.9. The summed E-state index contributed by atoms with van der Waals surface area (Å²) in [5, 5.41) is 4.12. The number of benzene rings is 1. The highest BCUT2D eigenvalue weighted by Gasteiger charge is 2.37. The van der Waals surface area contributed by atoms with E-state index in [1.165, 1.54) is 0 Å². The Balaban J connectivity index is 1.45. The zero-order valence-electron chi connectivity index (χ0n) is 19.0. The largest absolute Gasteiger partial charge is 0.497 e. The van der Waals surface area contributed by atoms with Crippen molar-refractivity contribution in [2.75, 3.05) is 18.6 Å². The number of likely N-dealkylation sites (tertiary alicyclic amines) is 1. The van der Waals surface area contributed by atoms with Gasteiger partial charge in [-0.1, -0.05) is 12.1 Å². The number of ether oxygens (including phenoxy) is 1. The molecule has 9 nitrogen and oxygen atoms in total. The van der Waals surface area contributed by atoms with Crippen molar-refractivity contribution in [2.45, 2.75) is 38.8 Å². The molecular formula is C24H26N6O3. The number of carbonyl (C=O) groups is 2. The summed E-state index contributed by atoms with van der Waals surface area (Å²) in [7, 11) is 3.42. The van der Waals surface area contributed by atoms with Crippen LogP contribution in [0.3, 0.4) is 0 Å². The second-order valence-electron chi connectivity index (χ2n) is 8.53. The van der Waals surface area contributed by atoms with Crippen LogP contribution in [0.15, 0.2) is 36.7 Å². The summed E-state index contributed by atoms with van der Waals surface area (Å²) in [6.07, 6.45) is 5.27. The van der Waals surface area contributed by atoms with Crippen molar-refractivity contribution in [3.63, 3.8) is 0 Å². The Hall–Kier alpha value is -3.75. The van der Waals surface area contributed by atoms with E-state index in [4.69, 9.17) is 14.7 Å². The van der Waals surface area contributed by atoms with Gasteiger partial charge in [0.2, 0.25) is 5.91 Å². The number of fused-ring (bicyclic) bond motifs is 1. The van der Waals surface area contributed by atoms with Crippen LogP contribution in [0.25, 0.3) is 0 Å². The molecule has 1 aromatic carbocycles. The van der Waals surface area contributed by atoms with Crippen LogP contribution in [-0.2, 0) is 24.8 Å². The van der Waals surface area contributed by atoms with Gasteiger partial charge in [-0.15, -0.1) is 0 Å². The summed E-state index contributed by atoms with van der Waals surface area (Å²) >= 11 is 0. The fourth-order valence-corrected chi connectivity index (χ4v) is 4.60. The van der Waals surface area contributed by atoms with E-state index in [9.17, 15) is 9.59 Å². The Bertz CT molecular complexity index is 1220. The SMILES string of the molecule is COc1ccc(CN2C(=O)Cc3c(C)nc([C@H]4CCCN4C(=O)c4cnn(C)c4)nc32)cc1. The number of nitrogens with zero attached hydrogens (tertiary/aromatic N) is 6. The summed E-state index contributed by atoms with van der Waals surface area (Å²) in [5.74, 6) is 1.95. The Morgan fingerprint density at radius 1 is 1.21 bits per heavy atom. The van der Waals surface area contributed by atoms with Gasteiger partial charge in [-0.25, -0.2) is 9.97 Å². The molecule has 4 heterocycles. The predicted molar refractivity (Wildman–Crippen MR) is 121 cm³/mol. The Kier molecular flexibility index (Phi) is 5.32. The number of rotatable bonds is 5. The van der Waals surface area contributed by atoms with Crippen LogP contribution in [0.4, 0.5) is 5.82 Å². The third-order valence-electron chi connectivity index (χ3n) is 6.36. The van der Waals surface area contributed by atoms with Crippen molar-refractivity contribution in [3.05, 3.63) is 64.9 Å². The Morgan fingerprint density at radius 3 is 2.70 bits per heavy atom. The summed E-state index contributed by atoms with van der Waals surface area (Å²) < 4.78 is 6.85. The number of amides is 2. The highest BCUT2D eigenvalue weighted by Crippen LogP contribution is 2.36. The molecule has 170 valence electrons. The second-order valence-corrected chi connectivity index (χ2v) is 8.53. The van der Waals surface area contributed by atoms with Crippen molar-refractivity contribution in [2.24, 2.45) is 7.05 Å². The number of aromatic nitrogens is 4. The molecule has 33 heavy (non-hydrogen) atoms. The molecule has 0 spiro atoms. The third kappa shape index (κ3) is 3.83. The number of carbonyl (C=O) groups excluding carboxylic acids is 2. The Morgan fingerprint density at radius 2 is 2.00 bits per heavy atom. The topological polar surface area (TPSA) is 93.5 Å². The van der Waals surface area contributed by atoms with Gasteiger partial charge in [-0.3, -0.25) is 19.2 Å². The third-order valence-corrected chi connectivity index (χ3v) is 6.36. The van der Waals surface area contributed by atoms with Crippen LogP contribution in [-0.4, -0.2) is 50.1 Å². The lowest BCUT2D eigenvalue weighted by Gasteiger charge is -2.25. The van der Waals surface area contributed by atoms with Crippen LogP contribution >= 0.6 is 0 Å². The van der Waals surface area contributed by atoms with Crippen molar-refractivity contribution >= 4 is 17.6 Å². The average Bonchev–Trinajstić information content (AvgIpc) is 3.54. The lowest BCUT2D eigenvalue weighted by Crippen LogP contribution is -2.32. The van der Waals surface area contributed by atoms with Gasteiger partial charge >= 0.3 is 0 Å². The van der Waals surface area contributed by atoms with E-state index in [0.29, 0.717) is 36.7 Å². The van der Waals surface area contributed by atoms with E-state index < -0.39 is 0 Å². The minimum atomic E-state index is -0.222. The minimum absolute atomic E-state index is 0.00471. The molecule has 0 bridgehead atoms. The first-order valence-corrected chi connectivity index (χ1v) is 11.0. The number of anilines is 1. The molecule has 0 aliphatic carbocycles. The van der Waals surface area contributed by atoms with Crippen LogP contribution < -0.4 is 9.64 Å². The molecule has 2 aliphatic rings. The first kappa shape index (κ1) is 21.1. The molecule has 3 aromatic rings. The number of hydrogen-bond donors (Lipinski definition) is 0. The van der Waals surface area contributed by atoms with Gasteiger partial charge in [-0.2, -0.15) is 5.10 Å². The molecular weight excluding hydrogens is 420 g/mol. The van der Waals surface area contributed by atoms with Gasteiger partial charge in [-0.05, 0) is 37.5 Å². The molecule has 0 unspecified atom stereocenters. The van der Waals surface area contributed by atoms with Crippen LogP contribution in [0.1, 0.15) is 51.9 Å². The lowest BCUT2D eigenvalue weighted by molar-refractivity contribution is -0.117. The quantitative estimate of drug-likeness (QED) is 0.598. The fourth-order valence-electron chi connectivity index (χ4n) is 4.60. The molecule has 9 heteroatoms. The molecule has 5 rings (SSSR count). The highest BCUT2D eigenvalue weighted by molar-refractivity contribution is 6.00. The summed E-state index contributed by atoms with van der Waals surface area (Å²) in [6, 6.07) is 7.44. The fraction of sp³-hybridized carbons (Fsp3) is 0.375. The van der Waals surface area contributed by atoms with E-state index in [0.717, 1.165) is 35.4 Å². The van der Waals surface area contributed by atoms with Crippen LogP contribution in [0.5, 0.6) is 5.75 Å². The summed E-state index contributed by atoms with van der Waals surface area (Å²) in [5.41, 5.74) is 3.20. The molecule has 2 aliphatic heterocycles. The molecule has 1 fully saturated rings. The zero-order valence-corrected chi connectivity index (χ0v) is 19.0. The van der Waals surface area contributed by atoms with E-state index in [2.05, 4.69) is 5.10 Å². The monoisotopic (exact) mass is 446 g/mol. The van der Waals surface area contributed by atoms with Gasteiger partial charge in [0, 0.05) is 31.0 Å². The first-order valence-electron chi connectivity index (χ1n) is 11.0. The van der Waals surface area contributed by atoms with Gasteiger partial charge < -0.3 is 9.64 Å². The van der Waals surface area contributed by atoms with Crippen molar-refractivity contribution in [1.82, 2.24) is 24.6 Å². The minimum Gasteiger partial charge on any atom is -0.497 e. The standard InChI is InChI=1S/C24H26N6O3/c1-15-19-11-21(31)30(13-16-6-8-18(33-3)9-7-16)23(19)27-22(26-15)20-5-4-10-29(20)24(32)17-12-25-28(2)14-17/h6-9,12,14,20H,4-5,10-11,13H2,1-3H3/t20-/m1/s1. The van der Waals surface area contributed by atoms with Crippen molar-refractivity contribution in [3.8, 4) is 5.75 Å². The maximum atomic E-state index is 13.1. The predicted octanol–water partition coefficient (Wildman–Crippen LogP) is 2.59. The second kappa shape index (κ2) is 8.31. The molecule has 0 N–H and O–H groups in total. The zero-order chi connectivity index (χ0) is 23.1. The van der Waals surface area contributed by atoms with E-state index in [1.54, 1.807) is 36.1 Å². The van der Waals surface area contributed by atoms with E-state index in [-0.39, 0.29) is 17.9 Å². The van der Waals surface area contributed by atoms with Gasteiger partial charge in [0.1, 0.15) is 11.6 Å². The molecule has 2 aromatic heterocycles. The maximum Gasteiger partial charge on any atom is 0.257 e. The Labute approximate surface area is 192 Å². The summed E-state index contributed by atoms with van der Waals surface area (Å²) in [4.78, 5) is 39.1. The molecule has 2 amide bonds. The number of aryl methyl sites for hydroxylation is 2. The van der Waals surface area contributed by atoms with Gasteiger partial charge in [0.25, 0.3) is 5.91 Å². The molecule has 0 saturated carbocycles. The van der Waals surface area contributed by atoms with Crippen molar-refractivity contribution in [1.29, 1.82) is 0 Å². The maximum absolute atomic E-state index is 13.1. The van der Waals surface area contributed by atoms with Crippen LogP contribution in [0, 0.1) is 6.92 Å². The van der Waals surface area contributed by atoms with Crippen LogP contribution in [0.2, 0.25) is 0 Å². The molecule has 1 atom stereocenters. The lowest BCUT2D eigenvalue weighted by atomic mass is 10.1. The molecule has 1 saturated heterocycles. The van der Waals surface area contributed by atoms with Gasteiger partial charge in [0.05, 0.1) is 37.9 Å². The molecule has 0 radical (unpaired) electrons. The number of hydrogen-bond acceptors (Lipinski definition) is 6. The smallest absolute Gasteiger partial charge is 0.257 e.